The van der Waals surface area contributed by atoms with Gasteiger partial charge in [-0.3, -0.25) is 14.7 Å². The number of carbonyl (C=O) groups is 2. The van der Waals surface area contributed by atoms with E-state index in [4.69, 9.17) is 0 Å². The SMILES string of the molecule is Cc1nc(-c2cccc(NC(=O)CC3C(=O)Nc4ccccc43)c2)n[nH]1. The summed E-state index contributed by atoms with van der Waals surface area (Å²) in [6.45, 7) is 1.83. The third-order valence-corrected chi connectivity index (χ3v) is 4.30. The lowest BCUT2D eigenvalue weighted by Gasteiger charge is -2.10. The van der Waals surface area contributed by atoms with Gasteiger partial charge in [0.1, 0.15) is 5.82 Å². The van der Waals surface area contributed by atoms with Crippen LogP contribution in [0, 0.1) is 6.92 Å². The Morgan fingerprint density at radius 2 is 2.04 bits per heavy atom. The van der Waals surface area contributed by atoms with Crippen molar-refractivity contribution in [1.82, 2.24) is 15.2 Å². The number of para-hydroxylation sites is 1. The van der Waals surface area contributed by atoms with Gasteiger partial charge in [-0.05, 0) is 30.7 Å². The lowest BCUT2D eigenvalue weighted by molar-refractivity contribution is -0.122. The number of rotatable bonds is 4. The summed E-state index contributed by atoms with van der Waals surface area (Å²) in [5.74, 6) is 0.463. The average Bonchev–Trinajstić information content (AvgIpc) is 3.19. The molecule has 2 aromatic carbocycles. The molecule has 0 saturated carbocycles. The zero-order valence-corrected chi connectivity index (χ0v) is 14.1. The quantitative estimate of drug-likeness (QED) is 0.675. The number of anilines is 2. The minimum Gasteiger partial charge on any atom is -0.326 e. The molecular formula is C19H17N5O2. The molecule has 0 aliphatic carbocycles. The smallest absolute Gasteiger partial charge is 0.232 e. The first-order chi connectivity index (χ1) is 12.6. The second kappa shape index (κ2) is 6.44. The molecule has 3 aromatic rings. The number of benzene rings is 2. The van der Waals surface area contributed by atoms with Gasteiger partial charge in [0.25, 0.3) is 0 Å². The third-order valence-electron chi connectivity index (χ3n) is 4.30. The van der Waals surface area contributed by atoms with Crippen LogP contribution in [0.4, 0.5) is 11.4 Å². The third kappa shape index (κ3) is 3.06. The summed E-state index contributed by atoms with van der Waals surface area (Å²) in [6, 6.07) is 14.7. The normalized spacial score (nSPS) is 15.4. The molecule has 1 atom stereocenters. The van der Waals surface area contributed by atoms with Crippen molar-refractivity contribution in [3.05, 3.63) is 59.9 Å². The number of aromatic amines is 1. The van der Waals surface area contributed by atoms with Crippen LogP contribution in [0.15, 0.2) is 48.5 Å². The largest absolute Gasteiger partial charge is 0.326 e. The highest BCUT2D eigenvalue weighted by Gasteiger charge is 2.31. The first-order valence-corrected chi connectivity index (χ1v) is 8.29. The van der Waals surface area contributed by atoms with Gasteiger partial charge in [0.05, 0.1) is 5.92 Å². The molecule has 0 radical (unpaired) electrons. The van der Waals surface area contributed by atoms with E-state index in [9.17, 15) is 9.59 Å². The van der Waals surface area contributed by atoms with Crippen molar-refractivity contribution in [1.29, 1.82) is 0 Å². The van der Waals surface area contributed by atoms with Crippen molar-refractivity contribution in [3.63, 3.8) is 0 Å². The fourth-order valence-corrected chi connectivity index (χ4v) is 3.08. The van der Waals surface area contributed by atoms with Crippen LogP contribution < -0.4 is 10.6 Å². The molecule has 7 heteroatoms. The van der Waals surface area contributed by atoms with E-state index in [1.165, 1.54) is 0 Å². The van der Waals surface area contributed by atoms with E-state index < -0.39 is 5.92 Å². The molecule has 1 aliphatic heterocycles. The summed E-state index contributed by atoms with van der Waals surface area (Å²) in [7, 11) is 0. The first-order valence-electron chi connectivity index (χ1n) is 8.29. The van der Waals surface area contributed by atoms with Gasteiger partial charge in [-0.15, -0.1) is 0 Å². The Morgan fingerprint density at radius 3 is 2.85 bits per heavy atom. The van der Waals surface area contributed by atoms with E-state index in [-0.39, 0.29) is 18.2 Å². The van der Waals surface area contributed by atoms with E-state index in [1.54, 1.807) is 6.07 Å². The maximum Gasteiger partial charge on any atom is 0.232 e. The molecule has 0 saturated heterocycles. The molecule has 3 N–H and O–H groups in total. The standard InChI is InChI=1S/C19H17N5O2/c1-11-20-18(24-23-11)12-5-4-6-13(9-12)21-17(25)10-15-14-7-2-3-8-16(14)22-19(15)26/h2-9,15H,10H2,1H3,(H,21,25)(H,22,26)(H,20,23,24). The summed E-state index contributed by atoms with van der Waals surface area (Å²) in [4.78, 5) is 28.9. The van der Waals surface area contributed by atoms with E-state index >= 15 is 0 Å². The average molecular weight is 347 g/mol. The number of aromatic nitrogens is 3. The van der Waals surface area contributed by atoms with E-state index in [1.807, 2.05) is 49.4 Å². The second-order valence-corrected chi connectivity index (χ2v) is 6.21. The Bertz CT molecular complexity index is 995. The number of nitrogens with one attached hydrogen (secondary N) is 3. The Morgan fingerprint density at radius 1 is 1.19 bits per heavy atom. The summed E-state index contributed by atoms with van der Waals surface area (Å²) in [6.07, 6.45) is 0.0901. The molecule has 130 valence electrons. The Hall–Kier alpha value is -3.48. The van der Waals surface area contributed by atoms with Crippen LogP contribution in [0.1, 0.15) is 23.7 Å². The number of amides is 2. The monoisotopic (exact) mass is 347 g/mol. The lowest BCUT2D eigenvalue weighted by Crippen LogP contribution is -2.20. The van der Waals surface area contributed by atoms with Gasteiger partial charge in [-0.1, -0.05) is 30.3 Å². The summed E-state index contributed by atoms with van der Waals surface area (Å²) in [5, 5.41) is 12.6. The fourth-order valence-electron chi connectivity index (χ4n) is 3.08. The highest BCUT2D eigenvalue weighted by Crippen LogP contribution is 2.34. The van der Waals surface area contributed by atoms with Crippen LogP contribution in [-0.4, -0.2) is 27.0 Å². The maximum atomic E-state index is 12.4. The number of carbonyl (C=O) groups excluding carboxylic acids is 2. The highest BCUT2D eigenvalue weighted by atomic mass is 16.2. The van der Waals surface area contributed by atoms with Crippen molar-refractivity contribution >= 4 is 23.2 Å². The number of fused-ring (bicyclic) bond motifs is 1. The van der Waals surface area contributed by atoms with Crippen LogP contribution in [0.25, 0.3) is 11.4 Å². The van der Waals surface area contributed by atoms with Crippen LogP contribution in [0.2, 0.25) is 0 Å². The number of aryl methyl sites for hydroxylation is 1. The predicted molar refractivity (Wildman–Crippen MR) is 97.6 cm³/mol. The molecule has 2 amide bonds. The van der Waals surface area contributed by atoms with E-state index in [0.717, 1.165) is 22.6 Å². The van der Waals surface area contributed by atoms with Gasteiger partial charge < -0.3 is 10.6 Å². The van der Waals surface area contributed by atoms with Gasteiger partial charge in [-0.2, -0.15) is 5.10 Å². The minimum atomic E-state index is -0.468. The summed E-state index contributed by atoms with van der Waals surface area (Å²) >= 11 is 0. The van der Waals surface area contributed by atoms with Gasteiger partial charge in [0.2, 0.25) is 11.8 Å². The molecule has 1 aliphatic rings. The molecule has 0 bridgehead atoms. The van der Waals surface area contributed by atoms with Crippen LogP contribution in [0.5, 0.6) is 0 Å². The number of hydrogen-bond donors (Lipinski definition) is 3. The Kier molecular flexibility index (Phi) is 3.96. The summed E-state index contributed by atoms with van der Waals surface area (Å²) < 4.78 is 0. The molecule has 1 unspecified atom stereocenters. The van der Waals surface area contributed by atoms with Crippen molar-refractivity contribution in [2.24, 2.45) is 0 Å². The highest BCUT2D eigenvalue weighted by molar-refractivity contribution is 6.06. The predicted octanol–water partition coefficient (Wildman–Crippen LogP) is 2.84. The molecular weight excluding hydrogens is 330 g/mol. The van der Waals surface area contributed by atoms with Gasteiger partial charge in [0, 0.05) is 23.4 Å². The zero-order valence-electron chi connectivity index (χ0n) is 14.1. The van der Waals surface area contributed by atoms with E-state index in [2.05, 4.69) is 25.8 Å². The van der Waals surface area contributed by atoms with Gasteiger partial charge in [0.15, 0.2) is 5.82 Å². The first kappa shape index (κ1) is 16.0. The minimum absolute atomic E-state index is 0.0901. The molecule has 0 fully saturated rings. The van der Waals surface area contributed by atoms with Crippen molar-refractivity contribution in [3.8, 4) is 11.4 Å². The fraction of sp³-hybridized carbons (Fsp3) is 0.158. The van der Waals surface area contributed by atoms with Crippen LogP contribution in [-0.2, 0) is 9.59 Å². The number of hydrogen-bond acceptors (Lipinski definition) is 4. The zero-order chi connectivity index (χ0) is 18.1. The van der Waals surface area contributed by atoms with E-state index in [0.29, 0.717) is 11.5 Å². The maximum absolute atomic E-state index is 12.4. The number of H-pyrrole nitrogens is 1. The van der Waals surface area contributed by atoms with Crippen molar-refractivity contribution in [2.75, 3.05) is 10.6 Å². The van der Waals surface area contributed by atoms with Crippen LogP contribution in [0.3, 0.4) is 0 Å². The van der Waals surface area contributed by atoms with Gasteiger partial charge >= 0.3 is 0 Å². The topological polar surface area (TPSA) is 99.8 Å². The van der Waals surface area contributed by atoms with Crippen molar-refractivity contribution in [2.45, 2.75) is 19.3 Å². The Labute approximate surface area is 149 Å². The summed E-state index contributed by atoms with van der Waals surface area (Å²) in [5.41, 5.74) is 3.08. The van der Waals surface area contributed by atoms with Gasteiger partial charge in [-0.25, -0.2) is 4.98 Å². The molecule has 1 aromatic heterocycles. The molecule has 0 spiro atoms. The van der Waals surface area contributed by atoms with Crippen molar-refractivity contribution < 1.29 is 9.59 Å². The van der Waals surface area contributed by atoms with Crippen LogP contribution >= 0.6 is 0 Å². The molecule has 26 heavy (non-hydrogen) atoms. The number of nitrogens with zero attached hydrogens (tertiary/aromatic N) is 2. The molecule has 2 heterocycles. The lowest BCUT2D eigenvalue weighted by atomic mass is 9.97. The Balaban J connectivity index is 1.48. The molecule has 4 rings (SSSR count). The second-order valence-electron chi connectivity index (χ2n) is 6.21. The molecule has 7 nitrogen and oxygen atoms in total.